The van der Waals surface area contributed by atoms with Crippen molar-refractivity contribution in [3.63, 3.8) is 0 Å². The predicted octanol–water partition coefficient (Wildman–Crippen LogP) is 2.91. The molecule has 0 atom stereocenters. The van der Waals surface area contributed by atoms with E-state index < -0.39 is 0 Å². The first kappa shape index (κ1) is 10.4. The first-order chi connectivity index (χ1) is 8.18. The molecule has 0 amide bonds. The molecule has 0 radical (unpaired) electrons. The van der Waals surface area contributed by atoms with E-state index >= 15 is 0 Å². The average molecular weight is 291 g/mol. The maximum Gasteiger partial charge on any atom is 0.126 e. The van der Waals surface area contributed by atoms with Crippen LogP contribution in [0, 0.1) is 0 Å². The van der Waals surface area contributed by atoms with Crippen LogP contribution in [0.1, 0.15) is 0 Å². The van der Waals surface area contributed by atoms with Gasteiger partial charge in [-0.1, -0.05) is 18.2 Å². The molecule has 2 heterocycles. The van der Waals surface area contributed by atoms with Crippen LogP contribution in [0.25, 0.3) is 22.0 Å². The zero-order valence-corrected chi connectivity index (χ0v) is 10.8. The van der Waals surface area contributed by atoms with Crippen molar-refractivity contribution in [3.05, 3.63) is 35.1 Å². The van der Waals surface area contributed by atoms with Crippen LogP contribution < -0.4 is 5.73 Å². The minimum Gasteiger partial charge on any atom is -0.384 e. The fourth-order valence-electron chi connectivity index (χ4n) is 2.15. The Morgan fingerprint density at radius 2 is 2.18 bits per heavy atom. The highest BCUT2D eigenvalue weighted by Gasteiger charge is 2.12. The molecular formula is C12H11BrN4. The lowest BCUT2D eigenvalue weighted by Gasteiger charge is -2.04. The van der Waals surface area contributed by atoms with Gasteiger partial charge in [-0.2, -0.15) is 5.10 Å². The number of benzene rings is 1. The third-order valence-corrected chi connectivity index (χ3v) is 3.54. The van der Waals surface area contributed by atoms with Crippen molar-refractivity contribution in [2.45, 2.75) is 0 Å². The maximum atomic E-state index is 5.88. The molecule has 3 rings (SSSR count). The van der Waals surface area contributed by atoms with Gasteiger partial charge in [-0.3, -0.25) is 5.10 Å². The first-order valence-corrected chi connectivity index (χ1v) is 6.00. The van der Waals surface area contributed by atoms with Crippen molar-refractivity contribution in [2.24, 2.45) is 7.05 Å². The predicted molar refractivity (Wildman–Crippen MR) is 72.6 cm³/mol. The minimum atomic E-state index is 0.592. The molecule has 0 saturated carbocycles. The highest BCUT2D eigenvalue weighted by Crippen LogP contribution is 2.35. The number of H-pyrrole nitrogens is 1. The third kappa shape index (κ3) is 1.46. The van der Waals surface area contributed by atoms with E-state index in [9.17, 15) is 0 Å². The normalized spacial score (nSPS) is 11.2. The van der Waals surface area contributed by atoms with E-state index in [-0.39, 0.29) is 0 Å². The molecule has 0 aliphatic heterocycles. The summed E-state index contributed by atoms with van der Waals surface area (Å²) in [6, 6.07) is 6.16. The lowest BCUT2D eigenvalue weighted by molar-refractivity contribution is 0.967. The van der Waals surface area contributed by atoms with Gasteiger partial charge in [0.1, 0.15) is 5.82 Å². The molecule has 4 nitrogen and oxygen atoms in total. The summed E-state index contributed by atoms with van der Waals surface area (Å²) in [7, 11) is 2.02. The van der Waals surface area contributed by atoms with Crippen LogP contribution in [0.4, 0.5) is 5.82 Å². The van der Waals surface area contributed by atoms with Crippen molar-refractivity contribution in [2.75, 3.05) is 5.73 Å². The third-order valence-electron chi connectivity index (χ3n) is 2.91. The first-order valence-electron chi connectivity index (χ1n) is 5.21. The zero-order chi connectivity index (χ0) is 12.0. The summed E-state index contributed by atoms with van der Waals surface area (Å²) in [5, 5.41) is 7.91. The Bertz CT molecular complexity index is 696. The number of fused-ring (bicyclic) bond motifs is 1. The summed E-state index contributed by atoms with van der Waals surface area (Å²) >= 11 is 3.56. The topological polar surface area (TPSA) is 59.6 Å². The molecule has 1 aromatic carbocycles. The number of anilines is 1. The summed E-state index contributed by atoms with van der Waals surface area (Å²) in [5.74, 6) is 0.592. The fraction of sp³-hybridized carbons (Fsp3) is 0.0833. The molecule has 0 unspecified atom stereocenters. The minimum absolute atomic E-state index is 0.592. The Morgan fingerprint density at radius 1 is 1.35 bits per heavy atom. The number of nitrogens with zero attached hydrogens (tertiary/aromatic N) is 2. The number of nitrogens with two attached hydrogens (primary N) is 1. The van der Waals surface area contributed by atoms with E-state index in [1.54, 1.807) is 6.20 Å². The lowest BCUT2D eigenvalue weighted by Crippen LogP contribution is -1.91. The Labute approximate surface area is 107 Å². The van der Waals surface area contributed by atoms with Crippen molar-refractivity contribution in [1.82, 2.24) is 14.8 Å². The maximum absolute atomic E-state index is 5.88. The van der Waals surface area contributed by atoms with Gasteiger partial charge in [-0.25, -0.2) is 0 Å². The SMILES string of the molecule is Cn1cc(Br)c2cccc(-c3cn[nH]c3N)c21. The number of nitrogen functional groups attached to an aromatic ring is 1. The van der Waals surface area contributed by atoms with Gasteiger partial charge in [0.25, 0.3) is 0 Å². The van der Waals surface area contributed by atoms with Crippen molar-refractivity contribution in [1.29, 1.82) is 0 Å². The number of aryl methyl sites for hydroxylation is 1. The van der Waals surface area contributed by atoms with E-state index in [1.807, 2.05) is 19.3 Å². The van der Waals surface area contributed by atoms with Gasteiger partial charge in [0.05, 0.1) is 11.7 Å². The molecule has 3 N–H and O–H groups in total. The molecule has 0 aliphatic carbocycles. The van der Waals surface area contributed by atoms with Crippen molar-refractivity contribution in [3.8, 4) is 11.1 Å². The van der Waals surface area contributed by atoms with Gasteiger partial charge < -0.3 is 10.3 Å². The summed E-state index contributed by atoms with van der Waals surface area (Å²) in [6.45, 7) is 0. The highest BCUT2D eigenvalue weighted by molar-refractivity contribution is 9.10. The number of nitrogens with one attached hydrogen (secondary N) is 1. The second-order valence-corrected chi connectivity index (χ2v) is 4.84. The zero-order valence-electron chi connectivity index (χ0n) is 9.24. The monoisotopic (exact) mass is 290 g/mol. The second kappa shape index (κ2) is 3.63. The molecule has 3 aromatic rings. The Kier molecular flexibility index (Phi) is 2.22. The molecule has 0 spiro atoms. The molecule has 0 bridgehead atoms. The van der Waals surface area contributed by atoms with Gasteiger partial charge in [0.2, 0.25) is 0 Å². The standard InChI is InChI=1S/C12H11BrN4/c1-17-6-10(13)8-4-2-3-7(11(8)17)9-5-15-16-12(9)14/h2-6H,1H3,(H3,14,15,16). The number of aromatic nitrogens is 3. The highest BCUT2D eigenvalue weighted by atomic mass is 79.9. The Balaban J connectivity index is 2.42. The summed E-state index contributed by atoms with van der Waals surface area (Å²) < 4.78 is 3.17. The van der Waals surface area contributed by atoms with E-state index in [0.717, 1.165) is 21.1 Å². The average Bonchev–Trinajstić information content (AvgIpc) is 2.85. The number of rotatable bonds is 1. The van der Waals surface area contributed by atoms with E-state index in [4.69, 9.17) is 5.73 Å². The summed E-state index contributed by atoms with van der Waals surface area (Å²) in [6.07, 6.45) is 3.80. The van der Waals surface area contributed by atoms with Gasteiger partial charge >= 0.3 is 0 Å². The van der Waals surface area contributed by atoms with Crippen LogP contribution >= 0.6 is 15.9 Å². The number of halogens is 1. The molecule has 0 aliphatic rings. The molecule has 2 aromatic heterocycles. The quantitative estimate of drug-likeness (QED) is 0.724. The largest absolute Gasteiger partial charge is 0.384 e. The van der Waals surface area contributed by atoms with Gasteiger partial charge in [0.15, 0.2) is 0 Å². The van der Waals surface area contributed by atoms with E-state index in [2.05, 4.69) is 42.8 Å². The number of hydrogen-bond acceptors (Lipinski definition) is 2. The molecule has 17 heavy (non-hydrogen) atoms. The Hall–Kier alpha value is -1.75. The van der Waals surface area contributed by atoms with Crippen LogP contribution in [-0.2, 0) is 7.05 Å². The fourth-order valence-corrected chi connectivity index (χ4v) is 2.78. The Morgan fingerprint density at radius 3 is 2.88 bits per heavy atom. The van der Waals surface area contributed by atoms with Gasteiger partial charge in [-0.15, -0.1) is 0 Å². The van der Waals surface area contributed by atoms with E-state index in [0.29, 0.717) is 5.82 Å². The lowest BCUT2D eigenvalue weighted by atomic mass is 10.1. The van der Waals surface area contributed by atoms with Crippen molar-refractivity contribution >= 4 is 32.7 Å². The van der Waals surface area contributed by atoms with Crippen LogP contribution in [0.3, 0.4) is 0 Å². The number of aromatic amines is 1. The van der Waals surface area contributed by atoms with Gasteiger partial charge in [0, 0.05) is 34.2 Å². The number of hydrogen-bond donors (Lipinski definition) is 2. The van der Waals surface area contributed by atoms with Gasteiger partial charge in [-0.05, 0) is 15.9 Å². The van der Waals surface area contributed by atoms with Crippen LogP contribution in [0.15, 0.2) is 35.1 Å². The molecule has 5 heteroatoms. The van der Waals surface area contributed by atoms with Crippen LogP contribution in [-0.4, -0.2) is 14.8 Å². The molecular weight excluding hydrogens is 280 g/mol. The molecule has 0 fully saturated rings. The van der Waals surface area contributed by atoms with E-state index in [1.165, 1.54) is 5.39 Å². The summed E-state index contributed by atoms with van der Waals surface area (Å²) in [5.41, 5.74) is 9.05. The van der Waals surface area contributed by atoms with Crippen LogP contribution in [0.5, 0.6) is 0 Å². The smallest absolute Gasteiger partial charge is 0.126 e. The number of para-hydroxylation sites is 1. The molecule has 86 valence electrons. The second-order valence-electron chi connectivity index (χ2n) is 3.99. The molecule has 0 saturated heterocycles. The van der Waals surface area contributed by atoms with Crippen molar-refractivity contribution < 1.29 is 0 Å². The summed E-state index contributed by atoms with van der Waals surface area (Å²) in [4.78, 5) is 0. The van der Waals surface area contributed by atoms with Crippen LogP contribution in [0.2, 0.25) is 0 Å².